The highest BCUT2D eigenvalue weighted by molar-refractivity contribution is 7.11. The average Bonchev–Trinajstić information content (AvgIpc) is 2.77. The lowest BCUT2D eigenvalue weighted by Gasteiger charge is -2.30. The predicted molar refractivity (Wildman–Crippen MR) is 69.8 cm³/mol. The third-order valence-electron chi connectivity index (χ3n) is 3.56. The zero-order valence-electron chi connectivity index (χ0n) is 10.7. The minimum atomic E-state index is 0.0161. The smallest absolute Gasteiger partial charge is 0.112 e. The predicted octanol–water partition coefficient (Wildman–Crippen LogP) is 3.46. The van der Waals surface area contributed by atoms with Crippen LogP contribution in [0.3, 0.4) is 0 Å². The van der Waals surface area contributed by atoms with E-state index in [0.29, 0.717) is 6.04 Å². The second-order valence-electron chi connectivity index (χ2n) is 5.56. The average molecular weight is 238 g/mol. The summed E-state index contributed by atoms with van der Waals surface area (Å²) >= 11 is 1.81. The molecule has 0 spiro atoms. The lowest BCUT2D eigenvalue weighted by atomic mass is 10.00. The van der Waals surface area contributed by atoms with Gasteiger partial charge in [0.25, 0.3) is 0 Å². The highest BCUT2D eigenvalue weighted by Crippen LogP contribution is 2.31. The molecule has 3 heteroatoms. The van der Waals surface area contributed by atoms with Crippen molar-refractivity contribution in [1.82, 2.24) is 10.3 Å². The van der Waals surface area contributed by atoms with Crippen molar-refractivity contribution in [1.29, 1.82) is 0 Å². The first-order valence-corrected chi connectivity index (χ1v) is 7.01. The van der Waals surface area contributed by atoms with E-state index in [-0.39, 0.29) is 5.54 Å². The van der Waals surface area contributed by atoms with E-state index < -0.39 is 0 Å². The molecule has 2 nitrogen and oxygen atoms in total. The largest absolute Gasteiger partial charge is 0.303 e. The lowest BCUT2D eigenvalue weighted by Crippen LogP contribution is -2.44. The minimum Gasteiger partial charge on any atom is -0.303 e. The molecule has 0 amide bonds. The van der Waals surface area contributed by atoms with E-state index in [1.807, 2.05) is 6.20 Å². The Kier molecular flexibility index (Phi) is 3.36. The molecule has 1 aliphatic carbocycles. The zero-order valence-corrected chi connectivity index (χ0v) is 11.5. The molecule has 1 aromatic rings. The van der Waals surface area contributed by atoms with Crippen molar-refractivity contribution in [3.05, 3.63) is 16.1 Å². The summed E-state index contributed by atoms with van der Waals surface area (Å²) in [5.74, 6) is 0.806. The maximum Gasteiger partial charge on any atom is 0.112 e. The number of nitrogens with one attached hydrogen (secondary N) is 1. The number of nitrogens with zero attached hydrogens (tertiary/aromatic N) is 1. The maximum absolute atomic E-state index is 4.51. The van der Waals surface area contributed by atoms with Gasteiger partial charge in [-0.05, 0) is 39.5 Å². The highest BCUT2D eigenvalue weighted by Gasteiger charge is 2.31. The van der Waals surface area contributed by atoms with Gasteiger partial charge < -0.3 is 5.32 Å². The summed E-state index contributed by atoms with van der Waals surface area (Å²) in [5.41, 5.74) is 0.0161. The topological polar surface area (TPSA) is 24.9 Å². The van der Waals surface area contributed by atoms with Crippen LogP contribution in [-0.2, 0) is 5.54 Å². The van der Waals surface area contributed by atoms with Gasteiger partial charge in [-0.15, -0.1) is 11.3 Å². The van der Waals surface area contributed by atoms with E-state index in [4.69, 9.17) is 0 Å². The Balaban J connectivity index is 2.07. The van der Waals surface area contributed by atoms with Crippen LogP contribution in [0.5, 0.6) is 0 Å². The van der Waals surface area contributed by atoms with Crippen molar-refractivity contribution < 1.29 is 0 Å². The minimum absolute atomic E-state index is 0.0161. The second kappa shape index (κ2) is 4.46. The van der Waals surface area contributed by atoms with Gasteiger partial charge >= 0.3 is 0 Å². The van der Waals surface area contributed by atoms with Gasteiger partial charge in [0, 0.05) is 17.1 Å². The molecule has 1 N–H and O–H groups in total. The van der Waals surface area contributed by atoms with Crippen LogP contribution in [0.2, 0.25) is 0 Å². The van der Waals surface area contributed by atoms with E-state index in [9.17, 15) is 0 Å². The zero-order chi connectivity index (χ0) is 11.8. The van der Waals surface area contributed by atoms with Gasteiger partial charge in [-0.1, -0.05) is 13.3 Å². The van der Waals surface area contributed by atoms with Crippen LogP contribution >= 0.6 is 11.3 Å². The summed E-state index contributed by atoms with van der Waals surface area (Å²) < 4.78 is 0. The van der Waals surface area contributed by atoms with Gasteiger partial charge in [0.05, 0.1) is 5.54 Å². The van der Waals surface area contributed by atoms with Gasteiger partial charge in [0.2, 0.25) is 0 Å². The number of hydrogen-bond donors (Lipinski definition) is 1. The van der Waals surface area contributed by atoms with Crippen LogP contribution in [0.1, 0.15) is 49.9 Å². The third-order valence-corrected chi connectivity index (χ3v) is 4.80. The summed E-state index contributed by atoms with van der Waals surface area (Å²) in [6.07, 6.45) is 6.02. The maximum atomic E-state index is 4.51. The van der Waals surface area contributed by atoms with Gasteiger partial charge in [0.1, 0.15) is 5.01 Å². The SMILES string of the molecule is Cc1cnc(C(C)(C)NC2CCCC2C)s1. The van der Waals surface area contributed by atoms with Gasteiger partial charge in [0.15, 0.2) is 0 Å². The first kappa shape index (κ1) is 12.1. The molecule has 0 saturated heterocycles. The van der Waals surface area contributed by atoms with E-state index in [0.717, 1.165) is 5.92 Å². The molecular formula is C13H22N2S. The second-order valence-corrected chi connectivity index (χ2v) is 6.79. The van der Waals surface area contributed by atoms with Crippen molar-refractivity contribution in [2.45, 2.75) is 58.5 Å². The van der Waals surface area contributed by atoms with Gasteiger partial charge in [-0.3, -0.25) is 0 Å². The third kappa shape index (κ3) is 2.46. The number of hydrogen-bond acceptors (Lipinski definition) is 3. The molecule has 0 bridgehead atoms. The van der Waals surface area contributed by atoms with Gasteiger partial charge in [-0.25, -0.2) is 4.98 Å². The fraction of sp³-hybridized carbons (Fsp3) is 0.769. The molecule has 16 heavy (non-hydrogen) atoms. The van der Waals surface area contributed by atoms with Gasteiger partial charge in [-0.2, -0.15) is 0 Å². The van der Waals surface area contributed by atoms with Crippen molar-refractivity contribution in [3.8, 4) is 0 Å². The van der Waals surface area contributed by atoms with Crippen LogP contribution in [-0.4, -0.2) is 11.0 Å². The fourth-order valence-corrected chi connectivity index (χ4v) is 3.36. The summed E-state index contributed by atoms with van der Waals surface area (Å²) in [7, 11) is 0. The molecule has 2 atom stereocenters. The number of thiazole rings is 1. The summed E-state index contributed by atoms with van der Waals surface area (Å²) in [5, 5.41) is 4.99. The Bertz CT molecular complexity index is 357. The molecule has 2 unspecified atom stereocenters. The Morgan fingerprint density at radius 3 is 2.69 bits per heavy atom. The quantitative estimate of drug-likeness (QED) is 0.872. The lowest BCUT2D eigenvalue weighted by molar-refractivity contribution is 0.303. The first-order chi connectivity index (χ1) is 7.49. The molecule has 0 radical (unpaired) electrons. The highest BCUT2D eigenvalue weighted by atomic mass is 32.1. The van der Waals surface area contributed by atoms with Crippen LogP contribution in [0.15, 0.2) is 6.20 Å². The van der Waals surface area contributed by atoms with E-state index in [1.165, 1.54) is 29.1 Å². The molecule has 1 fully saturated rings. The monoisotopic (exact) mass is 238 g/mol. The van der Waals surface area contributed by atoms with Crippen molar-refractivity contribution in [3.63, 3.8) is 0 Å². The van der Waals surface area contributed by atoms with Crippen LogP contribution in [0.25, 0.3) is 0 Å². The Morgan fingerprint density at radius 2 is 2.19 bits per heavy atom. The van der Waals surface area contributed by atoms with E-state index in [1.54, 1.807) is 11.3 Å². The first-order valence-electron chi connectivity index (χ1n) is 6.19. The Hall–Kier alpha value is -0.410. The number of aromatic nitrogens is 1. The van der Waals surface area contributed by atoms with Crippen LogP contribution in [0.4, 0.5) is 0 Å². The summed E-state index contributed by atoms with van der Waals surface area (Å²) in [6.45, 7) is 8.97. The fourth-order valence-electron chi connectivity index (χ4n) is 2.53. The van der Waals surface area contributed by atoms with Crippen molar-refractivity contribution in [2.24, 2.45) is 5.92 Å². The van der Waals surface area contributed by atoms with Crippen molar-refractivity contribution >= 4 is 11.3 Å². The summed E-state index contributed by atoms with van der Waals surface area (Å²) in [4.78, 5) is 5.81. The molecule has 90 valence electrons. The van der Waals surface area contributed by atoms with Crippen LogP contribution < -0.4 is 5.32 Å². The van der Waals surface area contributed by atoms with E-state index >= 15 is 0 Å². The molecule has 2 rings (SSSR count). The Labute approximate surface area is 102 Å². The Morgan fingerprint density at radius 1 is 1.44 bits per heavy atom. The molecule has 1 aromatic heterocycles. The van der Waals surface area contributed by atoms with Crippen LogP contribution in [0, 0.1) is 12.8 Å². The number of rotatable bonds is 3. The number of aryl methyl sites for hydroxylation is 1. The molecule has 1 heterocycles. The van der Waals surface area contributed by atoms with Crippen molar-refractivity contribution in [2.75, 3.05) is 0 Å². The summed E-state index contributed by atoms with van der Waals surface area (Å²) in [6, 6.07) is 0.666. The normalized spacial score (nSPS) is 26.2. The standard InChI is InChI=1S/C13H22N2S/c1-9-6-5-7-11(9)15-13(3,4)12-14-8-10(2)16-12/h8-9,11,15H,5-7H2,1-4H3. The molecule has 0 aliphatic heterocycles. The molecule has 1 aliphatic rings. The van der Waals surface area contributed by atoms with E-state index in [2.05, 4.69) is 38.0 Å². The molecule has 0 aromatic carbocycles. The molecular weight excluding hydrogens is 216 g/mol. The molecule has 1 saturated carbocycles.